The molecule has 1 aliphatic heterocycles. The third-order valence-electron chi connectivity index (χ3n) is 5.25. The van der Waals surface area contributed by atoms with Crippen LogP contribution in [0.25, 0.3) is 0 Å². The van der Waals surface area contributed by atoms with E-state index < -0.39 is 35.8 Å². The van der Waals surface area contributed by atoms with Crippen molar-refractivity contribution in [3.8, 4) is 0 Å². The Labute approximate surface area is 183 Å². The van der Waals surface area contributed by atoms with Crippen LogP contribution < -0.4 is 16.0 Å². The third-order valence-corrected chi connectivity index (χ3v) is 5.25. The van der Waals surface area contributed by atoms with Gasteiger partial charge in [0.05, 0.1) is 6.04 Å². The van der Waals surface area contributed by atoms with E-state index in [1.807, 2.05) is 30.3 Å². The highest BCUT2D eigenvalue weighted by Gasteiger charge is 2.31. The molecule has 0 spiro atoms. The lowest BCUT2D eigenvalue weighted by atomic mass is 10.00. The van der Waals surface area contributed by atoms with Gasteiger partial charge in [0.2, 0.25) is 11.7 Å². The molecular weight excluding hydrogens is 398 g/mol. The number of amides is 3. The lowest BCUT2D eigenvalue weighted by molar-refractivity contribution is -0.140. The second kappa shape index (κ2) is 12.7. The van der Waals surface area contributed by atoms with Crippen LogP contribution in [0.4, 0.5) is 4.79 Å². The maximum atomic E-state index is 12.9. The van der Waals surface area contributed by atoms with Gasteiger partial charge in [-0.15, -0.1) is 0 Å². The van der Waals surface area contributed by atoms with Crippen molar-refractivity contribution in [2.24, 2.45) is 5.92 Å². The Morgan fingerprint density at radius 2 is 1.74 bits per heavy atom. The standard InChI is InChI=1S/C23H33N3O5/c1-16(2)19(26-23(30)31-15-17-11-7-6-8-12-17)21(28)25-18-13-9-4-3-5-10-14-24-22(29)20(18)27/h6-8,11-12,16,18-19H,3-5,9-10,13-15H2,1-2H3,(H,24,29)(H,25,28)(H,26,30)/t18-,19-/m0/s1. The maximum absolute atomic E-state index is 12.9. The number of Topliss-reactive ketones (excluding diaryl/α,β-unsaturated/α-hetero) is 1. The van der Waals surface area contributed by atoms with E-state index in [0.29, 0.717) is 13.0 Å². The highest BCUT2D eigenvalue weighted by molar-refractivity contribution is 6.38. The van der Waals surface area contributed by atoms with Gasteiger partial charge >= 0.3 is 6.09 Å². The quantitative estimate of drug-likeness (QED) is 0.599. The molecule has 8 heteroatoms. The molecule has 1 fully saturated rings. The monoisotopic (exact) mass is 431 g/mol. The first-order chi connectivity index (χ1) is 14.9. The SMILES string of the molecule is CC(C)[C@H](NC(=O)OCc1ccccc1)C(=O)N[C@H]1CCCCCCCNC(=O)C1=O. The lowest BCUT2D eigenvalue weighted by Gasteiger charge is -2.24. The summed E-state index contributed by atoms with van der Waals surface area (Å²) in [5.41, 5.74) is 0.831. The first kappa shape index (κ1) is 24.4. The van der Waals surface area contributed by atoms with Gasteiger partial charge in [0.25, 0.3) is 5.91 Å². The Balaban J connectivity index is 1.97. The highest BCUT2D eigenvalue weighted by atomic mass is 16.5. The van der Waals surface area contributed by atoms with Crippen molar-refractivity contribution < 1.29 is 23.9 Å². The predicted molar refractivity (Wildman–Crippen MR) is 116 cm³/mol. The third kappa shape index (κ3) is 8.39. The number of hydrogen-bond acceptors (Lipinski definition) is 5. The molecule has 2 rings (SSSR count). The number of ketones is 1. The van der Waals surface area contributed by atoms with Gasteiger partial charge in [0.15, 0.2) is 0 Å². The van der Waals surface area contributed by atoms with Crippen LogP contribution in [0.15, 0.2) is 30.3 Å². The number of alkyl carbamates (subject to hydrolysis) is 1. The molecule has 8 nitrogen and oxygen atoms in total. The summed E-state index contributed by atoms with van der Waals surface area (Å²) >= 11 is 0. The van der Waals surface area contributed by atoms with Gasteiger partial charge in [0.1, 0.15) is 12.6 Å². The fraction of sp³-hybridized carbons (Fsp3) is 0.565. The Bertz CT molecular complexity index is 751. The van der Waals surface area contributed by atoms with Crippen LogP contribution in [-0.4, -0.2) is 42.3 Å². The van der Waals surface area contributed by atoms with Crippen molar-refractivity contribution in [1.29, 1.82) is 0 Å². The normalized spacial score (nSPS) is 19.0. The molecule has 3 N–H and O–H groups in total. The topological polar surface area (TPSA) is 114 Å². The van der Waals surface area contributed by atoms with Crippen LogP contribution in [0, 0.1) is 5.92 Å². The zero-order valence-corrected chi connectivity index (χ0v) is 18.3. The van der Waals surface area contributed by atoms with Crippen molar-refractivity contribution in [1.82, 2.24) is 16.0 Å². The molecule has 2 atom stereocenters. The van der Waals surface area contributed by atoms with Crippen molar-refractivity contribution in [3.05, 3.63) is 35.9 Å². The van der Waals surface area contributed by atoms with Gasteiger partial charge < -0.3 is 20.7 Å². The van der Waals surface area contributed by atoms with Crippen LogP contribution in [0.1, 0.15) is 57.9 Å². The molecule has 0 aliphatic carbocycles. The summed E-state index contributed by atoms with van der Waals surface area (Å²) in [5, 5.41) is 7.87. The van der Waals surface area contributed by atoms with E-state index in [1.165, 1.54) is 0 Å². The summed E-state index contributed by atoms with van der Waals surface area (Å²) in [4.78, 5) is 49.8. The van der Waals surface area contributed by atoms with Gasteiger partial charge in [-0.05, 0) is 24.3 Å². The minimum atomic E-state index is -0.908. The summed E-state index contributed by atoms with van der Waals surface area (Å²) in [7, 11) is 0. The number of nitrogens with one attached hydrogen (secondary N) is 3. The lowest BCUT2D eigenvalue weighted by Crippen LogP contribution is -2.55. The number of rotatable bonds is 6. The van der Waals surface area contributed by atoms with Crippen molar-refractivity contribution >= 4 is 23.7 Å². The molecule has 1 heterocycles. The van der Waals surface area contributed by atoms with Crippen LogP contribution in [0.2, 0.25) is 0 Å². The van der Waals surface area contributed by atoms with E-state index in [4.69, 9.17) is 4.74 Å². The van der Waals surface area contributed by atoms with Gasteiger partial charge in [-0.1, -0.05) is 69.9 Å². The molecule has 1 aromatic carbocycles. The summed E-state index contributed by atoms with van der Waals surface area (Å²) < 4.78 is 5.21. The Morgan fingerprint density at radius 1 is 1.06 bits per heavy atom. The van der Waals surface area contributed by atoms with Crippen LogP contribution in [0.5, 0.6) is 0 Å². The predicted octanol–water partition coefficient (Wildman–Crippen LogP) is 2.46. The maximum Gasteiger partial charge on any atom is 0.408 e. The largest absolute Gasteiger partial charge is 0.445 e. The summed E-state index contributed by atoms with van der Waals surface area (Å²) in [5.74, 6) is -2.07. The van der Waals surface area contributed by atoms with Gasteiger partial charge in [-0.3, -0.25) is 14.4 Å². The first-order valence-corrected chi connectivity index (χ1v) is 11.0. The van der Waals surface area contributed by atoms with Crippen molar-refractivity contribution in [2.75, 3.05) is 6.54 Å². The van der Waals surface area contributed by atoms with Gasteiger partial charge in [0, 0.05) is 6.54 Å². The van der Waals surface area contributed by atoms with E-state index in [1.54, 1.807) is 13.8 Å². The highest BCUT2D eigenvalue weighted by Crippen LogP contribution is 2.11. The molecule has 0 unspecified atom stereocenters. The molecule has 0 aromatic heterocycles. The average Bonchev–Trinajstić information content (AvgIpc) is 2.79. The van der Waals surface area contributed by atoms with Gasteiger partial charge in [-0.2, -0.15) is 0 Å². The molecule has 1 aromatic rings. The molecule has 1 saturated heterocycles. The molecule has 1 aliphatic rings. The minimum Gasteiger partial charge on any atom is -0.445 e. The average molecular weight is 432 g/mol. The number of benzene rings is 1. The van der Waals surface area contributed by atoms with Crippen molar-refractivity contribution in [3.63, 3.8) is 0 Å². The Kier molecular flexibility index (Phi) is 10.00. The molecule has 170 valence electrons. The molecular formula is C23H33N3O5. The second-order valence-corrected chi connectivity index (χ2v) is 8.17. The summed E-state index contributed by atoms with van der Waals surface area (Å²) in [6.45, 7) is 4.11. The fourth-order valence-electron chi connectivity index (χ4n) is 3.41. The number of ether oxygens (including phenoxy) is 1. The molecule has 0 saturated carbocycles. The minimum absolute atomic E-state index is 0.0837. The van der Waals surface area contributed by atoms with Gasteiger partial charge in [-0.25, -0.2) is 4.79 Å². The number of carbonyl (C=O) groups is 4. The van der Waals surface area contributed by atoms with E-state index >= 15 is 0 Å². The molecule has 0 bridgehead atoms. The smallest absolute Gasteiger partial charge is 0.408 e. The molecule has 0 radical (unpaired) electrons. The zero-order chi connectivity index (χ0) is 22.6. The van der Waals surface area contributed by atoms with Crippen molar-refractivity contribution in [2.45, 2.75) is 71.1 Å². The van der Waals surface area contributed by atoms with E-state index in [2.05, 4.69) is 16.0 Å². The Morgan fingerprint density at radius 3 is 2.45 bits per heavy atom. The van der Waals surface area contributed by atoms with Crippen LogP contribution in [0.3, 0.4) is 0 Å². The molecule has 31 heavy (non-hydrogen) atoms. The zero-order valence-electron chi connectivity index (χ0n) is 18.3. The summed E-state index contributed by atoms with van der Waals surface area (Å²) in [6, 6.07) is 7.41. The fourth-order valence-corrected chi connectivity index (χ4v) is 3.41. The van der Waals surface area contributed by atoms with E-state index in [-0.39, 0.29) is 12.5 Å². The van der Waals surface area contributed by atoms with Crippen LogP contribution in [-0.2, 0) is 25.7 Å². The molecule has 3 amide bonds. The van der Waals surface area contributed by atoms with E-state index in [0.717, 1.165) is 37.7 Å². The van der Waals surface area contributed by atoms with Crippen LogP contribution >= 0.6 is 0 Å². The van der Waals surface area contributed by atoms with E-state index in [9.17, 15) is 19.2 Å². The summed E-state index contributed by atoms with van der Waals surface area (Å²) in [6.07, 6.45) is 4.20. The second-order valence-electron chi connectivity index (χ2n) is 8.17. The first-order valence-electron chi connectivity index (χ1n) is 11.0. The Hall–Kier alpha value is -2.90. The number of carbonyl (C=O) groups excluding carboxylic acids is 4. The number of hydrogen-bond donors (Lipinski definition) is 3.